The molecule has 0 saturated carbocycles. The lowest BCUT2D eigenvalue weighted by molar-refractivity contribution is -0.119. The molecule has 1 amide bonds. The summed E-state index contributed by atoms with van der Waals surface area (Å²) in [7, 11) is 0. The molecule has 1 saturated heterocycles. The van der Waals surface area contributed by atoms with E-state index < -0.39 is 34.8 Å². The van der Waals surface area contributed by atoms with Gasteiger partial charge >= 0.3 is 0 Å². The number of nitrogens with zero attached hydrogens (tertiary/aromatic N) is 2. The maximum absolute atomic E-state index is 14.2. The molecular formula is C25H19Cl2F5N4OS. The summed E-state index contributed by atoms with van der Waals surface area (Å²) in [5.74, 6) is -10.2. The fourth-order valence-corrected chi connectivity index (χ4v) is 4.66. The summed E-state index contributed by atoms with van der Waals surface area (Å²) in [6.45, 7) is 0.424. The number of benzene rings is 3. The second kappa shape index (κ2) is 11.7. The zero-order valence-corrected chi connectivity index (χ0v) is 21.8. The monoisotopic (exact) mass is 588 g/mol. The average Bonchev–Trinajstić information content (AvgIpc) is 2.88. The van der Waals surface area contributed by atoms with Crippen LogP contribution in [0.25, 0.3) is 0 Å². The fraction of sp³-hybridized carbons (Fsp3) is 0.200. The molecule has 200 valence electrons. The van der Waals surface area contributed by atoms with Gasteiger partial charge in [0.1, 0.15) is 5.69 Å². The molecule has 1 aliphatic rings. The Balaban J connectivity index is 1.35. The van der Waals surface area contributed by atoms with Crippen molar-refractivity contribution in [2.45, 2.75) is 6.42 Å². The Bertz CT molecular complexity index is 1360. The summed E-state index contributed by atoms with van der Waals surface area (Å²) in [6, 6.07) is 11.8. The highest BCUT2D eigenvalue weighted by atomic mass is 35.5. The van der Waals surface area contributed by atoms with E-state index in [2.05, 4.69) is 10.6 Å². The SMILES string of the molecule is O=C(Cc1ccc(Cl)cc1)NC(=S)Nc1ccc(N2CCN(c3c(F)c(F)c(F)c(F)c3F)CC2)c(Cl)c1. The minimum absolute atomic E-state index is 0.00157. The van der Waals surface area contributed by atoms with Gasteiger partial charge in [0.05, 0.1) is 17.1 Å². The zero-order chi connectivity index (χ0) is 27.6. The van der Waals surface area contributed by atoms with E-state index in [0.717, 1.165) is 10.5 Å². The van der Waals surface area contributed by atoms with E-state index in [1.54, 1.807) is 42.5 Å². The maximum Gasteiger partial charge on any atom is 0.230 e. The Kier molecular flexibility index (Phi) is 8.59. The van der Waals surface area contributed by atoms with E-state index in [-0.39, 0.29) is 43.6 Å². The summed E-state index contributed by atoms with van der Waals surface area (Å²) in [5.41, 5.74) is 0.934. The van der Waals surface area contributed by atoms with E-state index in [9.17, 15) is 26.7 Å². The lowest BCUT2D eigenvalue weighted by Gasteiger charge is -2.38. The molecule has 38 heavy (non-hydrogen) atoms. The normalized spacial score (nSPS) is 13.4. The molecule has 3 aromatic carbocycles. The lowest BCUT2D eigenvalue weighted by atomic mass is 10.1. The first kappa shape index (κ1) is 27.9. The molecule has 0 spiro atoms. The molecule has 0 aromatic heterocycles. The first-order chi connectivity index (χ1) is 18.0. The van der Waals surface area contributed by atoms with Crippen molar-refractivity contribution >= 4 is 63.5 Å². The van der Waals surface area contributed by atoms with E-state index in [4.69, 9.17) is 35.4 Å². The number of amides is 1. The minimum atomic E-state index is -2.19. The van der Waals surface area contributed by atoms with Gasteiger partial charge in [-0.25, -0.2) is 22.0 Å². The molecule has 0 radical (unpaired) electrons. The smallest absolute Gasteiger partial charge is 0.230 e. The summed E-state index contributed by atoms with van der Waals surface area (Å²) < 4.78 is 68.9. The summed E-state index contributed by atoms with van der Waals surface area (Å²) >= 11 is 17.5. The van der Waals surface area contributed by atoms with Crippen LogP contribution < -0.4 is 20.4 Å². The number of hydrogen-bond donors (Lipinski definition) is 2. The minimum Gasteiger partial charge on any atom is -0.367 e. The van der Waals surface area contributed by atoms with Crippen molar-refractivity contribution in [3.8, 4) is 0 Å². The van der Waals surface area contributed by atoms with Crippen LogP contribution in [0.5, 0.6) is 0 Å². The Labute approximate surface area is 230 Å². The summed E-state index contributed by atoms with van der Waals surface area (Å²) in [5, 5.41) is 6.42. The molecule has 1 fully saturated rings. The summed E-state index contributed by atoms with van der Waals surface area (Å²) in [6.07, 6.45) is 0.107. The van der Waals surface area contributed by atoms with Crippen LogP contribution >= 0.6 is 35.4 Å². The molecule has 0 bridgehead atoms. The van der Waals surface area contributed by atoms with Crippen LogP contribution in [0.1, 0.15) is 5.56 Å². The van der Waals surface area contributed by atoms with Gasteiger partial charge < -0.3 is 20.4 Å². The van der Waals surface area contributed by atoms with Gasteiger partial charge in [-0.15, -0.1) is 0 Å². The standard InChI is InChI=1S/C25H19Cl2F5N4OS/c26-14-3-1-13(2-4-14)11-18(37)34-25(38)33-15-5-6-17(16(27)12-15)35-7-9-36(10-8-35)24-22(31)20(29)19(28)21(30)23(24)32/h1-6,12H,7-11H2,(H2,33,34,37,38). The number of piperazine rings is 1. The number of carbonyl (C=O) groups excluding carboxylic acids is 1. The van der Waals surface area contributed by atoms with Crippen LogP contribution in [0.15, 0.2) is 42.5 Å². The van der Waals surface area contributed by atoms with Crippen molar-refractivity contribution in [3.05, 3.63) is 87.2 Å². The quantitative estimate of drug-likeness (QED) is 0.164. The van der Waals surface area contributed by atoms with Gasteiger partial charge in [-0.3, -0.25) is 4.79 Å². The van der Waals surface area contributed by atoms with E-state index in [0.29, 0.717) is 21.4 Å². The zero-order valence-electron chi connectivity index (χ0n) is 19.4. The number of anilines is 3. The topological polar surface area (TPSA) is 47.6 Å². The highest BCUT2D eigenvalue weighted by molar-refractivity contribution is 7.80. The fourth-order valence-electron chi connectivity index (χ4n) is 4.00. The molecule has 0 atom stereocenters. The van der Waals surface area contributed by atoms with E-state index in [1.165, 1.54) is 0 Å². The van der Waals surface area contributed by atoms with Gasteiger partial charge in [-0.2, -0.15) is 0 Å². The van der Waals surface area contributed by atoms with Crippen molar-refractivity contribution in [1.82, 2.24) is 5.32 Å². The van der Waals surface area contributed by atoms with Crippen LogP contribution in [-0.2, 0) is 11.2 Å². The van der Waals surface area contributed by atoms with Crippen molar-refractivity contribution in [2.24, 2.45) is 0 Å². The van der Waals surface area contributed by atoms with Crippen molar-refractivity contribution in [3.63, 3.8) is 0 Å². The van der Waals surface area contributed by atoms with Crippen LogP contribution in [0.4, 0.5) is 39.0 Å². The number of halogens is 7. The summed E-state index contributed by atoms with van der Waals surface area (Å²) in [4.78, 5) is 15.2. The Hall–Kier alpha value is -3.15. The Morgan fingerprint density at radius 2 is 1.37 bits per heavy atom. The molecule has 13 heteroatoms. The lowest BCUT2D eigenvalue weighted by Crippen LogP contribution is -2.47. The van der Waals surface area contributed by atoms with Gasteiger partial charge in [-0.1, -0.05) is 35.3 Å². The van der Waals surface area contributed by atoms with Crippen LogP contribution in [0.3, 0.4) is 0 Å². The molecule has 0 unspecified atom stereocenters. The number of hydrogen-bond acceptors (Lipinski definition) is 4. The van der Waals surface area contributed by atoms with E-state index in [1.807, 2.05) is 4.90 Å². The predicted molar refractivity (Wildman–Crippen MR) is 142 cm³/mol. The third-order valence-electron chi connectivity index (χ3n) is 5.86. The highest BCUT2D eigenvalue weighted by Crippen LogP contribution is 2.33. The van der Waals surface area contributed by atoms with Gasteiger partial charge in [0, 0.05) is 36.9 Å². The van der Waals surface area contributed by atoms with Crippen molar-refractivity contribution < 1.29 is 26.7 Å². The predicted octanol–water partition coefficient (Wildman–Crippen LogP) is 6.07. The number of carbonyl (C=O) groups is 1. The third-order valence-corrected chi connectivity index (χ3v) is 6.62. The molecular weight excluding hydrogens is 570 g/mol. The van der Waals surface area contributed by atoms with Gasteiger partial charge in [0.2, 0.25) is 11.7 Å². The van der Waals surface area contributed by atoms with Crippen LogP contribution in [0, 0.1) is 29.1 Å². The Morgan fingerprint density at radius 1 is 0.816 bits per heavy atom. The second-order valence-electron chi connectivity index (χ2n) is 8.36. The third kappa shape index (κ3) is 6.11. The van der Waals surface area contributed by atoms with Crippen LogP contribution in [0.2, 0.25) is 10.0 Å². The van der Waals surface area contributed by atoms with Crippen LogP contribution in [-0.4, -0.2) is 37.2 Å². The number of nitrogens with one attached hydrogen (secondary N) is 2. The van der Waals surface area contributed by atoms with Crippen molar-refractivity contribution in [2.75, 3.05) is 41.3 Å². The van der Waals surface area contributed by atoms with Gasteiger partial charge in [0.15, 0.2) is 28.4 Å². The average molecular weight is 589 g/mol. The first-order valence-corrected chi connectivity index (χ1v) is 12.4. The molecule has 3 aromatic rings. The van der Waals surface area contributed by atoms with Gasteiger partial charge in [0.25, 0.3) is 0 Å². The maximum atomic E-state index is 14.2. The molecule has 4 rings (SSSR count). The van der Waals surface area contributed by atoms with Gasteiger partial charge in [-0.05, 0) is 48.1 Å². The first-order valence-electron chi connectivity index (χ1n) is 11.2. The molecule has 0 aliphatic carbocycles. The highest BCUT2D eigenvalue weighted by Gasteiger charge is 2.31. The number of thiocarbonyl (C=S) groups is 1. The molecule has 1 heterocycles. The molecule has 2 N–H and O–H groups in total. The molecule has 1 aliphatic heterocycles. The van der Waals surface area contributed by atoms with E-state index >= 15 is 0 Å². The van der Waals surface area contributed by atoms with Crippen molar-refractivity contribution in [1.29, 1.82) is 0 Å². The number of rotatable bonds is 5. The Morgan fingerprint density at radius 3 is 1.95 bits per heavy atom. The second-order valence-corrected chi connectivity index (χ2v) is 9.62. The molecule has 5 nitrogen and oxygen atoms in total. The largest absolute Gasteiger partial charge is 0.367 e.